The minimum absolute atomic E-state index is 0.0339. The lowest BCUT2D eigenvalue weighted by molar-refractivity contribution is 0.0972. The number of nitrogens with two attached hydrogens (primary N) is 1. The van der Waals surface area contributed by atoms with E-state index in [1.807, 2.05) is 12.1 Å². The lowest BCUT2D eigenvalue weighted by atomic mass is 9.87. The van der Waals surface area contributed by atoms with Gasteiger partial charge in [-0.1, -0.05) is 44.4 Å². The third-order valence-corrected chi connectivity index (χ3v) is 5.40. The maximum absolute atomic E-state index is 13.9. The van der Waals surface area contributed by atoms with E-state index in [2.05, 4.69) is 18.9 Å². The van der Waals surface area contributed by atoms with Gasteiger partial charge < -0.3 is 5.73 Å². The van der Waals surface area contributed by atoms with Gasteiger partial charge in [0.05, 0.1) is 0 Å². The highest BCUT2D eigenvalue weighted by atomic mass is 19.1. The molecule has 2 atom stereocenters. The van der Waals surface area contributed by atoms with Crippen LogP contribution in [0.15, 0.2) is 24.3 Å². The number of hydrogen-bond acceptors (Lipinski definition) is 2. The molecule has 1 saturated carbocycles. The fraction of sp³-hybridized carbons (Fsp3) is 0.667. The number of hydrogen-bond donors (Lipinski definition) is 1. The Bertz CT molecular complexity index is 449. The van der Waals surface area contributed by atoms with Crippen LogP contribution < -0.4 is 5.73 Å². The van der Waals surface area contributed by atoms with E-state index in [-0.39, 0.29) is 11.4 Å². The summed E-state index contributed by atoms with van der Waals surface area (Å²) in [6.45, 7) is 3.58. The van der Waals surface area contributed by atoms with Crippen LogP contribution in [-0.2, 0) is 6.54 Å². The average molecular weight is 292 g/mol. The number of rotatable bonds is 5. The maximum atomic E-state index is 13.9. The summed E-state index contributed by atoms with van der Waals surface area (Å²) in [4.78, 5) is 2.30. The molecular formula is C18H29FN2. The molecule has 1 aliphatic carbocycles. The Morgan fingerprint density at radius 3 is 2.71 bits per heavy atom. The molecule has 0 aliphatic heterocycles. The van der Waals surface area contributed by atoms with Crippen LogP contribution in [0.3, 0.4) is 0 Å². The van der Waals surface area contributed by atoms with Crippen molar-refractivity contribution in [1.29, 1.82) is 0 Å². The SMILES string of the molecule is CCC1CCCC(CN)(N(C)Cc2ccccc2F)CC1. The normalized spacial score (nSPS) is 26.8. The summed E-state index contributed by atoms with van der Waals surface area (Å²) >= 11 is 0. The third kappa shape index (κ3) is 3.83. The Hall–Kier alpha value is -0.930. The molecule has 0 spiro atoms. The summed E-state index contributed by atoms with van der Waals surface area (Å²) in [6.07, 6.45) is 7.31. The Labute approximate surface area is 128 Å². The third-order valence-electron chi connectivity index (χ3n) is 5.40. The van der Waals surface area contributed by atoms with Gasteiger partial charge in [0.2, 0.25) is 0 Å². The second kappa shape index (κ2) is 7.37. The molecule has 21 heavy (non-hydrogen) atoms. The van der Waals surface area contributed by atoms with E-state index in [4.69, 9.17) is 5.73 Å². The molecule has 0 saturated heterocycles. The first-order chi connectivity index (χ1) is 10.1. The highest BCUT2D eigenvalue weighted by Gasteiger charge is 2.35. The predicted octanol–water partition coefficient (Wildman–Crippen LogP) is 3.95. The first-order valence-electron chi connectivity index (χ1n) is 8.26. The molecule has 0 amide bonds. The molecular weight excluding hydrogens is 263 g/mol. The van der Waals surface area contributed by atoms with Crippen molar-refractivity contribution in [3.8, 4) is 0 Å². The number of benzene rings is 1. The first kappa shape index (κ1) is 16.4. The Morgan fingerprint density at radius 1 is 1.29 bits per heavy atom. The van der Waals surface area contributed by atoms with E-state index < -0.39 is 0 Å². The van der Waals surface area contributed by atoms with Crippen LogP contribution in [0.5, 0.6) is 0 Å². The van der Waals surface area contributed by atoms with E-state index in [9.17, 15) is 4.39 Å². The predicted molar refractivity (Wildman–Crippen MR) is 86.5 cm³/mol. The second-order valence-corrected chi connectivity index (χ2v) is 6.58. The van der Waals surface area contributed by atoms with Crippen LogP contribution in [0.25, 0.3) is 0 Å². The van der Waals surface area contributed by atoms with Crippen LogP contribution in [-0.4, -0.2) is 24.0 Å². The van der Waals surface area contributed by atoms with E-state index in [1.165, 1.54) is 25.7 Å². The molecule has 1 fully saturated rings. The van der Waals surface area contributed by atoms with Crippen LogP contribution in [0.1, 0.15) is 51.0 Å². The molecule has 0 radical (unpaired) electrons. The molecule has 2 rings (SSSR count). The van der Waals surface area contributed by atoms with Gasteiger partial charge >= 0.3 is 0 Å². The topological polar surface area (TPSA) is 29.3 Å². The molecule has 0 aromatic heterocycles. The zero-order chi connectivity index (χ0) is 15.3. The summed E-state index contributed by atoms with van der Waals surface area (Å²) in [6, 6.07) is 7.07. The molecule has 3 heteroatoms. The maximum Gasteiger partial charge on any atom is 0.127 e. The highest BCUT2D eigenvalue weighted by molar-refractivity contribution is 5.17. The van der Waals surface area contributed by atoms with Crippen LogP contribution in [0.4, 0.5) is 4.39 Å². The van der Waals surface area contributed by atoms with E-state index in [1.54, 1.807) is 12.1 Å². The Morgan fingerprint density at radius 2 is 2.05 bits per heavy atom. The molecule has 1 aromatic rings. The van der Waals surface area contributed by atoms with Crippen LogP contribution in [0.2, 0.25) is 0 Å². The van der Waals surface area contributed by atoms with E-state index >= 15 is 0 Å². The first-order valence-corrected chi connectivity index (χ1v) is 8.26. The summed E-state index contributed by atoms with van der Waals surface area (Å²) in [5, 5.41) is 0. The van der Waals surface area contributed by atoms with Gasteiger partial charge in [-0.2, -0.15) is 0 Å². The van der Waals surface area contributed by atoms with Gasteiger partial charge in [-0.3, -0.25) is 4.90 Å². The second-order valence-electron chi connectivity index (χ2n) is 6.58. The van der Waals surface area contributed by atoms with Gasteiger partial charge in [-0.05, 0) is 38.3 Å². The molecule has 2 N–H and O–H groups in total. The largest absolute Gasteiger partial charge is 0.329 e. The smallest absolute Gasteiger partial charge is 0.127 e. The minimum Gasteiger partial charge on any atom is -0.329 e. The molecule has 1 aromatic carbocycles. The van der Waals surface area contributed by atoms with Crippen molar-refractivity contribution < 1.29 is 4.39 Å². The standard InChI is InChI=1S/C18H29FN2/c1-3-15-7-6-11-18(14-20,12-10-15)21(2)13-16-8-4-5-9-17(16)19/h4-5,8-9,15H,3,6-7,10-14,20H2,1-2H3. The monoisotopic (exact) mass is 292 g/mol. The van der Waals surface area contributed by atoms with Crippen molar-refractivity contribution in [1.82, 2.24) is 4.90 Å². The van der Waals surface area contributed by atoms with Crippen molar-refractivity contribution in [3.63, 3.8) is 0 Å². The molecule has 118 valence electrons. The van der Waals surface area contributed by atoms with Gasteiger partial charge in [0, 0.05) is 24.2 Å². The summed E-state index contributed by atoms with van der Waals surface area (Å²) in [5.41, 5.74) is 6.95. The highest BCUT2D eigenvalue weighted by Crippen LogP contribution is 2.35. The van der Waals surface area contributed by atoms with Gasteiger partial charge in [0.15, 0.2) is 0 Å². The zero-order valence-electron chi connectivity index (χ0n) is 13.4. The van der Waals surface area contributed by atoms with Crippen molar-refractivity contribution >= 4 is 0 Å². The van der Waals surface area contributed by atoms with E-state index in [0.717, 1.165) is 24.3 Å². The van der Waals surface area contributed by atoms with Crippen LogP contribution in [0, 0.1) is 11.7 Å². The minimum atomic E-state index is -0.114. The number of halogens is 1. The van der Waals surface area contributed by atoms with Gasteiger partial charge in [0.25, 0.3) is 0 Å². The molecule has 0 bridgehead atoms. The fourth-order valence-electron chi connectivity index (χ4n) is 3.66. The summed E-state index contributed by atoms with van der Waals surface area (Å²) in [7, 11) is 2.10. The van der Waals surface area contributed by atoms with Gasteiger partial charge in [0.1, 0.15) is 5.82 Å². The summed E-state index contributed by atoms with van der Waals surface area (Å²) in [5.74, 6) is 0.719. The molecule has 1 aliphatic rings. The lowest BCUT2D eigenvalue weighted by Crippen LogP contribution is -2.51. The Kier molecular flexibility index (Phi) is 5.77. The fourth-order valence-corrected chi connectivity index (χ4v) is 3.66. The zero-order valence-corrected chi connectivity index (χ0v) is 13.4. The van der Waals surface area contributed by atoms with Crippen LogP contribution >= 0.6 is 0 Å². The van der Waals surface area contributed by atoms with Crippen molar-refractivity contribution in [3.05, 3.63) is 35.6 Å². The summed E-state index contributed by atoms with van der Waals surface area (Å²) < 4.78 is 13.9. The van der Waals surface area contributed by atoms with E-state index in [0.29, 0.717) is 13.1 Å². The molecule has 0 heterocycles. The quantitative estimate of drug-likeness (QED) is 0.833. The van der Waals surface area contributed by atoms with Crippen molar-refractivity contribution in [2.45, 2.75) is 57.5 Å². The van der Waals surface area contributed by atoms with Crippen molar-refractivity contribution in [2.24, 2.45) is 11.7 Å². The number of likely N-dealkylation sites (N-methyl/N-ethyl adjacent to an activating group) is 1. The average Bonchev–Trinajstić information content (AvgIpc) is 2.72. The molecule has 2 nitrogen and oxygen atoms in total. The van der Waals surface area contributed by atoms with Crippen molar-refractivity contribution in [2.75, 3.05) is 13.6 Å². The Balaban J connectivity index is 2.10. The molecule has 2 unspecified atom stereocenters. The van der Waals surface area contributed by atoms with Gasteiger partial charge in [-0.25, -0.2) is 4.39 Å². The van der Waals surface area contributed by atoms with Gasteiger partial charge in [-0.15, -0.1) is 0 Å². The number of nitrogens with zero attached hydrogens (tertiary/aromatic N) is 1. The lowest BCUT2D eigenvalue weighted by Gasteiger charge is -2.41.